The first-order valence-electron chi connectivity index (χ1n) is 6.76. The first-order chi connectivity index (χ1) is 11.2. The zero-order valence-electron chi connectivity index (χ0n) is 12.2. The highest BCUT2D eigenvalue weighted by molar-refractivity contribution is 6.36. The number of rotatable bonds is 1. The van der Waals surface area contributed by atoms with Gasteiger partial charge >= 0.3 is 6.18 Å². The number of fused-ring (bicyclic) bond motifs is 1. The summed E-state index contributed by atoms with van der Waals surface area (Å²) in [7, 11) is 0. The van der Waals surface area contributed by atoms with Crippen LogP contribution in [0.2, 0.25) is 10.0 Å². The number of nitrogens with zero attached hydrogens (tertiary/aromatic N) is 2. The van der Waals surface area contributed by atoms with Gasteiger partial charge in [0.1, 0.15) is 0 Å². The number of hydrogen-bond acceptors (Lipinski definition) is 2. The number of halogens is 5. The smallest absolute Gasteiger partial charge is 0.267 e. The van der Waals surface area contributed by atoms with Crippen LogP contribution in [0.15, 0.2) is 36.4 Å². The summed E-state index contributed by atoms with van der Waals surface area (Å²) in [5.74, 6) is -0.965. The summed E-state index contributed by atoms with van der Waals surface area (Å²) in [6.45, 7) is 1.62. The zero-order chi connectivity index (χ0) is 17.6. The van der Waals surface area contributed by atoms with E-state index in [9.17, 15) is 18.0 Å². The maximum Gasteiger partial charge on any atom is 0.417 e. The Morgan fingerprint density at radius 2 is 1.71 bits per heavy atom. The van der Waals surface area contributed by atoms with Crippen molar-refractivity contribution in [1.82, 2.24) is 9.78 Å². The van der Waals surface area contributed by atoms with E-state index in [4.69, 9.17) is 23.2 Å². The molecule has 0 saturated heterocycles. The molecular weight excluding hydrogens is 364 g/mol. The van der Waals surface area contributed by atoms with E-state index in [0.29, 0.717) is 21.6 Å². The van der Waals surface area contributed by atoms with Gasteiger partial charge in [-0.1, -0.05) is 35.3 Å². The van der Waals surface area contributed by atoms with Crippen molar-refractivity contribution in [3.63, 3.8) is 0 Å². The molecule has 0 aliphatic rings. The summed E-state index contributed by atoms with van der Waals surface area (Å²) < 4.78 is 40.6. The maximum absolute atomic E-state index is 13.2. The number of hydrogen-bond donors (Lipinski definition) is 0. The zero-order valence-corrected chi connectivity index (χ0v) is 13.7. The van der Waals surface area contributed by atoms with Crippen molar-refractivity contribution in [3.05, 3.63) is 63.3 Å². The molecule has 0 bridgehead atoms. The monoisotopic (exact) mass is 372 g/mol. The molecular formula is C16H9Cl2F3N2O. The fourth-order valence-electron chi connectivity index (χ4n) is 2.54. The fraction of sp³-hybridized carbons (Fsp3) is 0.125. The molecule has 0 saturated carbocycles. The van der Waals surface area contributed by atoms with Crippen molar-refractivity contribution >= 4 is 40.0 Å². The lowest BCUT2D eigenvalue weighted by molar-refractivity contribution is -0.137. The van der Waals surface area contributed by atoms with Gasteiger partial charge in [0, 0.05) is 5.39 Å². The highest BCUT2D eigenvalue weighted by Gasteiger charge is 2.37. The van der Waals surface area contributed by atoms with E-state index in [-0.39, 0.29) is 5.02 Å². The number of carbonyl (C=O) groups excluding carboxylic acids is 1. The first kappa shape index (κ1) is 16.8. The molecule has 0 unspecified atom stereocenters. The molecule has 0 spiro atoms. The van der Waals surface area contributed by atoms with Crippen LogP contribution in [0.1, 0.15) is 21.6 Å². The summed E-state index contributed by atoms with van der Waals surface area (Å²) in [5.41, 5.74) is -0.998. The Bertz CT molecular complexity index is 964. The fourth-order valence-corrected chi connectivity index (χ4v) is 3.10. The van der Waals surface area contributed by atoms with Gasteiger partial charge in [0.15, 0.2) is 0 Å². The topological polar surface area (TPSA) is 34.9 Å². The normalized spacial score (nSPS) is 11.9. The molecule has 124 valence electrons. The van der Waals surface area contributed by atoms with Gasteiger partial charge in [-0.15, -0.1) is 0 Å². The largest absolute Gasteiger partial charge is 0.417 e. The highest BCUT2D eigenvalue weighted by atomic mass is 35.5. The van der Waals surface area contributed by atoms with E-state index >= 15 is 0 Å². The third-order valence-corrected chi connectivity index (χ3v) is 4.19. The number of carbonyl (C=O) groups is 1. The van der Waals surface area contributed by atoms with Crippen LogP contribution in [0, 0.1) is 6.92 Å². The number of aromatic nitrogens is 2. The summed E-state index contributed by atoms with van der Waals surface area (Å²) in [6, 6.07) is 7.95. The van der Waals surface area contributed by atoms with Gasteiger partial charge < -0.3 is 0 Å². The second kappa shape index (κ2) is 5.79. The Morgan fingerprint density at radius 3 is 2.38 bits per heavy atom. The van der Waals surface area contributed by atoms with Crippen LogP contribution in [-0.4, -0.2) is 15.7 Å². The van der Waals surface area contributed by atoms with Crippen molar-refractivity contribution in [2.24, 2.45) is 0 Å². The van der Waals surface area contributed by atoms with Crippen LogP contribution in [0.5, 0.6) is 0 Å². The lowest BCUT2D eigenvalue weighted by Crippen LogP contribution is -2.20. The maximum atomic E-state index is 13.2. The van der Waals surface area contributed by atoms with Crippen LogP contribution in [0.4, 0.5) is 13.2 Å². The molecule has 0 amide bonds. The molecule has 0 aliphatic carbocycles. The predicted molar refractivity (Wildman–Crippen MR) is 85.7 cm³/mol. The number of aryl methyl sites for hydroxylation is 1. The van der Waals surface area contributed by atoms with Crippen molar-refractivity contribution in [2.45, 2.75) is 13.1 Å². The van der Waals surface area contributed by atoms with E-state index in [1.54, 1.807) is 25.1 Å². The summed E-state index contributed by atoms with van der Waals surface area (Å²) >= 11 is 12.0. The van der Waals surface area contributed by atoms with Gasteiger partial charge in [-0.2, -0.15) is 23.0 Å². The van der Waals surface area contributed by atoms with E-state index in [1.807, 2.05) is 0 Å². The van der Waals surface area contributed by atoms with Crippen molar-refractivity contribution < 1.29 is 18.0 Å². The quantitative estimate of drug-likeness (QED) is 0.576. The van der Waals surface area contributed by atoms with Gasteiger partial charge in [-0.25, -0.2) is 0 Å². The summed E-state index contributed by atoms with van der Waals surface area (Å²) in [5, 5.41) is 4.62. The highest BCUT2D eigenvalue weighted by Crippen LogP contribution is 2.36. The molecule has 0 atom stereocenters. The van der Waals surface area contributed by atoms with E-state index in [2.05, 4.69) is 5.10 Å². The first-order valence-corrected chi connectivity index (χ1v) is 7.51. The molecule has 0 N–H and O–H groups in total. The molecule has 3 rings (SSSR count). The molecule has 0 radical (unpaired) electrons. The van der Waals surface area contributed by atoms with Crippen LogP contribution < -0.4 is 0 Å². The molecule has 0 fully saturated rings. The van der Waals surface area contributed by atoms with Gasteiger partial charge in [-0.3, -0.25) is 4.79 Å². The Hall–Kier alpha value is -2.05. The Labute approximate surface area is 144 Å². The second-order valence-electron chi connectivity index (χ2n) is 5.10. The van der Waals surface area contributed by atoms with Gasteiger partial charge in [-0.05, 0) is 31.2 Å². The van der Waals surface area contributed by atoms with Crippen LogP contribution in [0.3, 0.4) is 0 Å². The SMILES string of the molecule is Cc1nn(C(=O)c2c(Cl)cccc2C(F)(F)F)c2cccc(Cl)c12. The third kappa shape index (κ3) is 2.65. The Balaban J connectivity index is 2.28. The Kier molecular flexibility index (Phi) is 4.05. The minimum Gasteiger partial charge on any atom is -0.267 e. The lowest BCUT2D eigenvalue weighted by Gasteiger charge is -2.13. The van der Waals surface area contributed by atoms with Crippen molar-refractivity contribution in [2.75, 3.05) is 0 Å². The minimum atomic E-state index is -4.72. The molecule has 24 heavy (non-hydrogen) atoms. The standard InChI is InChI=1S/C16H9Cl2F3N2O/c1-8-13-10(17)6-3-7-12(13)23(22-8)15(24)14-9(16(19,20)21)4-2-5-11(14)18/h2-7H,1H3. The molecule has 8 heteroatoms. The van der Waals surface area contributed by atoms with E-state index in [0.717, 1.165) is 16.8 Å². The molecule has 1 heterocycles. The average Bonchev–Trinajstić information content (AvgIpc) is 2.84. The van der Waals surface area contributed by atoms with E-state index in [1.165, 1.54) is 6.07 Å². The van der Waals surface area contributed by atoms with Crippen LogP contribution in [-0.2, 0) is 6.18 Å². The van der Waals surface area contributed by atoms with Gasteiger partial charge in [0.25, 0.3) is 5.91 Å². The molecule has 0 aliphatic heterocycles. The summed E-state index contributed by atoms with van der Waals surface area (Å²) in [6.07, 6.45) is -4.72. The molecule has 3 nitrogen and oxygen atoms in total. The second-order valence-corrected chi connectivity index (χ2v) is 5.91. The third-order valence-electron chi connectivity index (χ3n) is 3.56. The van der Waals surface area contributed by atoms with Crippen molar-refractivity contribution in [3.8, 4) is 0 Å². The van der Waals surface area contributed by atoms with Crippen molar-refractivity contribution in [1.29, 1.82) is 0 Å². The number of benzene rings is 2. The predicted octanol–water partition coefficient (Wildman–Crippen LogP) is 5.36. The van der Waals surface area contributed by atoms with Crippen LogP contribution in [0.25, 0.3) is 10.9 Å². The Morgan fingerprint density at radius 1 is 1.08 bits per heavy atom. The number of alkyl halides is 3. The van der Waals surface area contributed by atoms with E-state index < -0.39 is 23.2 Å². The molecule has 3 aromatic rings. The lowest BCUT2D eigenvalue weighted by atomic mass is 10.1. The molecule has 1 aromatic heterocycles. The van der Waals surface area contributed by atoms with Gasteiger partial charge in [0.05, 0.1) is 32.4 Å². The minimum absolute atomic E-state index is 0.293. The van der Waals surface area contributed by atoms with Gasteiger partial charge in [0.2, 0.25) is 0 Å². The summed E-state index contributed by atoms with van der Waals surface area (Å²) in [4.78, 5) is 12.7. The average molecular weight is 373 g/mol. The van der Waals surface area contributed by atoms with Crippen LogP contribution >= 0.6 is 23.2 Å². The molecule has 2 aromatic carbocycles.